The number of rotatable bonds is 4. The number of hydrogen-bond donors (Lipinski definition) is 2. The van der Waals surface area contributed by atoms with Gasteiger partial charge in [0, 0.05) is 38.5 Å². The van der Waals surface area contributed by atoms with Crippen molar-refractivity contribution in [3.05, 3.63) is 23.6 Å². The number of halogens is 1. The molecule has 1 aromatic heterocycles. The van der Waals surface area contributed by atoms with Gasteiger partial charge in [0.05, 0.1) is 17.3 Å². The number of aromatic nitrogens is 2. The van der Waals surface area contributed by atoms with Crippen molar-refractivity contribution in [2.45, 2.75) is 57.8 Å². The van der Waals surface area contributed by atoms with Gasteiger partial charge in [0.25, 0.3) is 0 Å². The van der Waals surface area contributed by atoms with E-state index in [1.54, 1.807) is 11.7 Å². The van der Waals surface area contributed by atoms with Crippen LogP contribution in [-0.2, 0) is 16.6 Å². The average molecular weight is 525 g/mol. The molecule has 1 aromatic carbocycles. The summed E-state index contributed by atoms with van der Waals surface area (Å²) in [5.41, 5.74) is 2.18. The molecular formula is C29H41FN6O2. The van der Waals surface area contributed by atoms with Crippen LogP contribution in [-0.4, -0.2) is 72.3 Å². The molecule has 0 bridgehead atoms. The van der Waals surface area contributed by atoms with Gasteiger partial charge in [-0.3, -0.25) is 19.6 Å². The molecule has 4 saturated heterocycles. The SMILES string of the molecule is C[C@@H]1CN(c2ccc3c(C4CCC(=O)NC4=O)nn(C)c3c2F)CC[C@@H]1CN1CCC2(CCNCC2)CC1. The molecule has 0 radical (unpaired) electrons. The van der Waals surface area contributed by atoms with Crippen LogP contribution in [0.3, 0.4) is 0 Å². The minimum Gasteiger partial charge on any atom is -0.369 e. The molecule has 8 nitrogen and oxygen atoms in total. The highest BCUT2D eigenvalue weighted by molar-refractivity contribution is 6.02. The first kappa shape index (κ1) is 25.7. The lowest BCUT2D eigenvalue weighted by atomic mass is 9.71. The molecule has 3 atom stereocenters. The Hall–Kier alpha value is -2.52. The van der Waals surface area contributed by atoms with E-state index in [2.05, 4.69) is 32.5 Å². The zero-order chi connectivity index (χ0) is 26.4. The Morgan fingerprint density at radius 3 is 2.55 bits per heavy atom. The van der Waals surface area contributed by atoms with Crippen LogP contribution >= 0.6 is 0 Å². The van der Waals surface area contributed by atoms with E-state index < -0.39 is 5.92 Å². The summed E-state index contributed by atoms with van der Waals surface area (Å²) < 4.78 is 17.5. The number of carbonyl (C=O) groups excluding carboxylic acids is 2. The Bertz CT molecular complexity index is 1210. The lowest BCUT2D eigenvalue weighted by Crippen LogP contribution is -2.49. The van der Waals surface area contributed by atoms with Gasteiger partial charge in [0.15, 0.2) is 5.82 Å². The molecule has 4 fully saturated rings. The summed E-state index contributed by atoms with van der Waals surface area (Å²) in [5.74, 6) is -0.290. The maximum atomic E-state index is 16.0. The van der Waals surface area contributed by atoms with E-state index in [0.717, 1.165) is 26.1 Å². The fraction of sp³-hybridized carbons (Fsp3) is 0.690. The predicted molar refractivity (Wildman–Crippen MR) is 145 cm³/mol. The summed E-state index contributed by atoms with van der Waals surface area (Å²) in [6.07, 6.45) is 7.07. The Labute approximate surface area is 224 Å². The number of likely N-dealkylation sites (tertiary alicyclic amines) is 1. The first-order chi connectivity index (χ1) is 18.3. The molecule has 38 heavy (non-hydrogen) atoms. The van der Waals surface area contributed by atoms with Crippen LogP contribution in [0.15, 0.2) is 12.1 Å². The van der Waals surface area contributed by atoms with Crippen LogP contribution in [0, 0.1) is 23.1 Å². The predicted octanol–water partition coefficient (Wildman–Crippen LogP) is 3.16. The number of anilines is 1. The maximum Gasteiger partial charge on any atom is 0.235 e. The summed E-state index contributed by atoms with van der Waals surface area (Å²) in [6.45, 7) is 9.94. The van der Waals surface area contributed by atoms with E-state index >= 15 is 4.39 Å². The summed E-state index contributed by atoms with van der Waals surface area (Å²) in [4.78, 5) is 28.9. The van der Waals surface area contributed by atoms with Crippen molar-refractivity contribution in [1.82, 2.24) is 25.3 Å². The monoisotopic (exact) mass is 524 g/mol. The molecule has 2 amide bonds. The molecule has 2 N–H and O–H groups in total. The Kier molecular flexibility index (Phi) is 6.93. The molecule has 4 aliphatic rings. The smallest absolute Gasteiger partial charge is 0.235 e. The fourth-order valence-electron chi connectivity index (χ4n) is 7.48. The minimum absolute atomic E-state index is 0.261. The number of hydrogen-bond acceptors (Lipinski definition) is 6. The van der Waals surface area contributed by atoms with E-state index in [0.29, 0.717) is 46.0 Å². The van der Waals surface area contributed by atoms with Gasteiger partial charge in [-0.25, -0.2) is 4.39 Å². The second kappa shape index (κ2) is 10.2. The molecule has 0 saturated carbocycles. The number of benzene rings is 1. The lowest BCUT2D eigenvalue weighted by molar-refractivity contribution is -0.134. The Morgan fingerprint density at radius 2 is 1.84 bits per heavy atom. The molecule has 9 heteroatoms. The highest BCUT2D eigenvalue weighted by Crippen LogP contribution is 2.41. The molecule has 4 aliphatic heterocycles. The van der Waals surface area contributed by atoms with Crippen molar-refractivity contribution in [1.29, 1.82) is 0 Å². The number of amides is 2. The fourth-order valence-corrected chi connectivity index (χ4v) is 7.48. The van der Waals surface area contributed by atoms with Gasteiger partial charge in [-0.1, -0.05) is 6.92 Å². The van der Waals surface area contributed by atoms with Crippen molar-refractivity contribution in [3.8, 4) is 0 Å². The van der Waals surface area contributed by atoms with Crippen molar-refractivity contribution in [2.75, 3.05) is 50.7 Å². The number of carbonyl (C=O) groups is 2. The highest BCUT2D eigenvalue weighted by atomic mass is 19.1. The van der Waals surface area contributed by atoms with Crippen LogP contribution in [0.25, 0.3) is 10.9 Å². The molecule has 2 aromatic rings. The van der Waals surface area contributed by atoms with Gasteiger partial charge < -0.3 is 15.1 Å². The van der Waals surface area contributed by atoms with Gasteiger partial charge in [0.1, 0.15) is 5.52 Å². The summed E-state index contributed by atoms with van der Waals surface area (Å²) in [7, 11) is 1.73. The largest absolute Gasteiger partial charge is 0.369 e. The highest BCUT2D eigenvalue weighted by Gasteiger charge is 2.37. The maximum absolute atomic E-state index is 16.0. The summed E-state index contributed by atoms with van der Waals surface area (Å²) >= 11 is 0. The molecule has 0 aliphatic carbocycles. The van der Waals surface area contributed by atoms with Crippen LogP contribution in [0.5, 0.6) is 0 Å². The normalized spacial score (nSPS) is 28.7. The van der Waals surface area contributed by atoms with Gasteiger partial charge in [-0.15, -0.1) is 0 Å². The lowest BCUT2D eigenvalue weighted by Gasteiger charge is -2.46. The van der Waals surface area contributed by atoms with Crippen molar-refractivity contribution in [2.24, 2.45) is 24.3 Å². The zero-order valence-electron chi connectivity index (χ0n) is 22.8. The summed E-state index contributed by atoms with van der Waals surface area (Å²) in [6, 6.07) is 3.76. The number of piperidine rings is 4. The van der Waals surface area contributed by atoms with Gasteiger partial charge in [0.2, 0.25) is 11.8 Å². The van der Waals surface area contributed by atoms with Crippen molar-refractivity contribution >= 4 is 28.4 Å². The summed E-state index contributed by atoms with van der Waals surface area (Å²) in [5, 5.41) is 11.1. The quantitative estimate of drug-likeness (QED) is 0.598. The van der Waals surface area contributed by atoms with E-state index in [1.165, 1.54) is 51.9 Å². The number of fused-ring (bicyclic) bond motifs is 1. The second-order valence-electron chi connectivity index (χ2n) is 12.3. The van der Waals surface area contributed by atoms with E-state index in [1.807, 2.05) is 12.1 Å². The Morgan fingerprint density at radius 1 is 1.08 bits per heavy atom. The third-order valence-corrected chi connectivity index (χ3v) is 10.0. The van der Waals surface area contributed by atoms with Crippen molar-refractivity contribution < 1.29 is 14.0 Å². The molecule has 1 unspecified atom stereocenters. The third kappa shape index (κ3) is 4.72. The number of aryl methyl sites for hydroxylation is 1. The van der Waals surface area contributed by atoms with Crippen LogP contribution in [0.2, 0.25) is 0 Å². The van der Waals surface area contributed by atoms with Gasteiger partial charge in [-0.05, 0) is 94.1 Å². The van der Waals surface area contributed by atoms with Crippen LogP contribution in [0.1, 0.15) is 63.5 Å². The average Bonchev–Trinajstić information content (AvgIpc) is 3.24. The number of nitrogens with zero attached hydrogens (tertiary/aromatic N) is 4. The minimum atomic E-state index is -0.531. The van der Waals surface area contributed by atoms with Gasteiger partial charge >= 0.3 is 0 Å². The van der Waals surface area contributed by atoms with E-state index in [4.69, 9.17) is 0 Å². The third-order valence-electron chi connectivity index (χ3n) is 10.0. The zero-order valence-corrected chi connectivity index (χ0v) is 22.8. The van der Waals surface area contributed by atoms with Gasteiger partial charge in [-0.2, -0.15) is 5.10 Å². The molecular weight excluding hydrogens is 483 g/mol. The second-order valence-corrected chi connectivity index (χ2v) is 12.3. The van der Waals surface area contributed by atoms with Crippen molar-refractivity contribution in [3.63, 3.8) is 0 Å². The number of imide groups is 1. The van der Waals surface area contributed by atoms with E-state index in [9.17, 15) is 9.59 Å². The molecule has 6 rings (SSSR count). The Balaban J connectivity index is 1.12. The first-order valence-electron chi connectivity index (χ1n) is 14.5. The number of nitrogens with one attached hydrogen (secondary N) is 2. The standard InChI is InChI=1S/C29H41FN6O2/c1-19-17-36(14-7-20(19)18-35-15-10-29(11-16-35)8-12-31-13-9-29)23-5-3-21-26(33-34(2)27(21)25(23)30)22-4-6-24(37)32-28(22)38/h3,5,19-20,22,31H,4,6-18H2,1-2H3,(H,32,37,38)/t19-,20-,22?/m1/s1. The van der Waals surface area contributed by atoms with E-state index in [-0.39, 0.29) is 24.1 Å². The molecule has 5 heterocycles. The molecule has 1 spiro atoms. The topological polar surface area (TPSA) is 82.5 Å². The molecule has 206 valence electrons. The first-order valence-corrected chi connectivity index (χ1v) is 14.5. The van der Waals surface area contributed by atoms with Crippen LogP contribution in [0.4, 0.5) is 10.1 Å². The van der Waals surface area contributed by atoms with Crippen LogP contribution < -0.4 is 15.5 Å².